The molecule has 0 saturated carbocycles. The third-order valence-electron chi connectivity index (χ3n) is 3.21. The molecular weight excluding hydrogens is 302 g/mol. The van der Waals surface area contributed by atoms with Crippen molar-refractivity contribution in [3.8, 4) is 0 Å². The van der Waals surface area contributed by atoms with Crippen LogP contribution in [0.25, 0.3) is 0 Å². The highest BCUT2D eigenvalue weighted by atomic mass is 79.9. The van der Waals surface area contributed by atoms with Crippen LogP contribution in [0.4, 0.5) is 0 Å². The standard InChI is InChI=1S/C13H15BrClNO/c1-9-3-2-4-11(12(9)15)13(17)16-6-5-10(7-14)8-16/h2-4,10H,5-8H2,1H3. The van der Waals surface area contributed by atoms with Gasteiger partial charge in [-0.1, -0.05) is 39.7 Å². The monoisotopic (exact) mass is 315 g/mol. The summed E-state index contributed by atoms with van der Waals surface area (Å²) in [5.41, 5.74) is 1.58. The van der Waals surface area contributed by atoms with Crippen LogP contribution >= 0.6 is 27.5 Å². The van der Waals surface area contributed by atoms with Crippen molar-refractivity contribution < 1.29 is 4.79 Å². The number of halogens is 2. The summed E-state index contributed by atoms with van der Waals surface area (Å²) in [5, 5.41) is 1.54. The quantitative estimate of drug-likeness (QED) is 0.765. The Bertz CT molecular complexity index is 435. The highest BCUT2D eigenvalue weighted by Crippen LogP contribution is 2.25. The van der Waals surface area contributed by atoms with Crippen LogP contribution in [-0.4, -0.2) is 29.2 Å². The number of carbonyl (C=O) groups excluding carboxylic acids is 1. The van der Waals surface area contributed by atoms with Gasteiger partial charge in [-0.25, -0.2) is 0 Å². The van der Waals surface area contributed by atoms with Crippen molar-refractivity contribution >= 4 is 33.4 Å². The van der Waals surface area contributed by atoms with Gasteiger partial charge < -0.3 is 4.90 Å². The Labute approximate surface area is 115 Å². The summed E-state index contributed by atoms with van der Waals surface area (Å²) in [7, 11) is 0. The molecule has 0 N–H and O–H groups in total. The first-order valence-corrected chi connectivity index (χ1v) is 7.23. The van der Waals surface area contributed by atoms with Gasteiger partial charge >= 0.3 is 0 Å². The van der Waals surface area contributed by atoms with Gasteiger partial charge in [0.15, 0.2) is 0 Å². The smallest absolute Gasteiger partial charge is 0.255 e. The molecule has 2 nitrogen and oxygen atoms in total. The molecule has 1 atom stereocenters. The molecule has 0 aromatic heterocycles. The molecule has 17 heavy (non-hydrogen) atoms. The molecule has 0 bridgehead atoms. The maximum absolute atomic E-state index is 12.3. The number of rotatable bonds is 2. The van der Waals surface area contributed by atoms with Gasteiger partial charge in [-0.3, -0.25) is 4.79 Å². The second-order valence-corrected chi connectivity index (χ2v) is 5.52. The van der Waals surface area contributed by atoms with Gasteiger partial charge in [-0.2, -0.15) is 0 Å². The van der Waals surface area contributed by atoms with E-state index in [1.54, 1.807) is 6.07 Å². The normalized spacial score (nSPS) is 19.7. The van der Waals surface area contributed by atoms with E-state index in [-0.39, 0.29) is 5.91 Å². The zero-order valence-electron chi connectivity index (χ0n) is 9.75. The highest BCUT2D eigenvalue weighted by molar-refractivity contribution is 9.09. The summed E-state index contributed by atoms with van der Waals surface area (Å²) in [6, 6.07) is 5.61. The number of amides is 1. The number of benzene rings is 1. The van der Waals surface area contributed by atoms with Crippen molar-refractivity contribution in [2.75, 3.05) is 18.4 Å². The molecular formula is C13H15BrClNO. The van der Waals surface area contributed by atoms with Crippen LogP contribution in [0, 0.1) is 12.8 Å². The van der Waals surface area contributed by atoms with Gasteiger partial charge in [0.05, 0.1) is 10.6 Å². The van der Waals surface area contributed by atoms with Gasteiger partial charge in [-0.05, 0) is 30.9 Å². The van der Waals surface area contributed by atoms with E-state index in [0.29, 0.717) is 16.5 Å². The topological polar surface area (TPSA) is 20.3 Å². The molecule has 0 aliphatic carbocycles. The van der Waals surface area contributed by atoms with E-state index in [1.165, 1.54) is 0 Å². The molecule has 1 unspecified atom stereocenters. The van der Waals surface area contributed by atoms with E-state index < -0.39 is 0 Å². The average Bonchev–Trinajstić information content (AvgIpc) is 2.80. The predicted octanol–water partition coefficient (Wildman–Crippen LogP) is 3.51. The van der Waals surface area contributed by atoms with Gasteiger partial charge in [0, 0.05) is 18.4 Å². The molecule has 2 rings (SSSR count). The van der Waals surface area contributed by atoms with Gasteiger partial charge in [0.25, 0.3) is 5.91 Å². The lowest BCUT2D eigenvalue weighted by atomic mass is 10.1. The van der Waals surface area contributed by atoms with Crippen molar-refractivity contribution in [2.45, 2.75) is 13.3 Å². The molecule has 92 valence electrons. The molecule has 1 amide bonds. The molecule has 0 radical (unpaired) electrons. The molecule has 1 saturated heterocycles. The fourth-order valence-corrected chi connectivity index (χ4v) is 2.86. The largest absolute Gasteiger partial charge is 0.338 e. The average molecular weight is 317 g/mol. The summed E-state index contributed by atoms with van der Waals surface area (Å²) in [4.78, 5) is 14.2. The summed E-state index contributed by atoms with van der Waals surface area (Å²) in [5.74, 6) is 0.629. The van der Waals surface area contributed by atoms with Crippen molar-refractivity contribution in [1.82, 2.24) is 4.90 Å². The molecule has 1 aliphatic rings. The minimum absolute atomic E-state index is 0.0575. The minimum atomic E-state index is 0.0575. The number of alkyl halides is 1. The van der Waals surface area contributed by atoms with Crippen LogP contribution in [0.3, 0.4) is 0 Å². The Morgan fingerprint density at radius 2 is 2.35 bits per heavy atom. The van der Waals surface area contributed by atoms with E-state index >= 15 is 0 Å². The fraction of sp³-hybridized carbons (Fsp3) is 0.462. The van der Waals surface area contributed by atoms with Gasteiger partial charge in [-0.15, -0.1) is 0 Å². The van der Waals surface area contributed by atoms with Crippen LogP contribution in [0.1, 0.15) is 22.3 Å². The lowest BCUT2D eigenvalue weighted by Gasteiger charge is -2.17. The number of carbonyl (C=O) groups is 1. The zero-order valence-corrected chi connectivity index (χ0v) is 12.1. The Morgan fingerprint density at radius 3 is 3.00 bits per heavy atom. The maximum Gasteiger partial charge on any atom is 0.255 e. The van der Waals surface area contributed by atoms with E-state index in [4.69, 9.17) is 11.6 Å². The number of likely N-dealkylation sites (tertiary alicyclic amines) is 1. The van der Waals surface area contributed by atoms with E-state index in [0.717, 1.165) is 30.4 Å². The molecule has 0 spiro atoms. The summed E-state index contributed by atoms with van der Waals surface area (Å²) in [6.45, 7) is 3.58. The Kier molecular flexibility index (Phi) is 4.10. The third kappa shape index (κ3) is 2.66. The van der Waals surface area contributed by atoms with E-state index in [1.807, 2.05) is 24.0 Å². The first-order chi connectivity index (χ1) is 8.13. The van der Waals surface area contributed by atoms with Crippen molar-refractivity contribution in [3.05, 3.63) is 34.3 Å². The fourth-order valence-electron chi connectivity index (χ4n) is 2.13. The summed E-state index contributed by atoms with van der Waals surface area (Å²) < 4.78 is 0. The predicted molar refractivity (Wildman–Crippen MR) is 74.0 cm³/mol. The molecule has 4 heteroatoms. The van der Waals surface area contributed by atoms with E-state index in [2.05, 4.69) is 15.9 Å². The van der Waals surface area contributed by atoms with Gasteiger partial charge in [0.1, 0.15) is 0 Å². The first kappa shape index (κ1) is 12.9. The first-order valence-electron chi connectivity index (χ1n) is 5.74. The number of hydrogen-bond donors (Lipinski definition) is 0. The number of hydrogen-bond acceptors (Lipinski definition) is 1. The lowest BCUT2D eigenvalue weighted by molar-refractivity contribution is 0.0788. The maximum atomic E-state index is 12.3. The second-order valence-electron chi connectivity index (χ2n) is 4.50. The Hall–Kier alpha value is -0.540. The Balaban J connectivity index is 2.18. The minimum Gasteiger partial charge on any atom is -0.338 e. The summed E-state index contributed by atoms with van der Waals surface area (Å²) >= 11 is 9.65. The number of aryl methyl sites for hydroxylation is 1. The van der Waals surface area contributed by atoms with Crippen LogP contribution in [0.2, 0.25) is 5.02 Å². The van der Waals surface area contributed by atoms with Crippen LogP contribution in [-0.2, 0) is 0 Å². The number of nitrogens with zero attached hydrogens (tertiary/aromatic N) is 1. The molecule has 1 aliphatic heterocycles. The van der Waals surface area contributed by atoms with E-state index in [9.17, 15) is 4.79 Å². The molecule has 1 aromatic rings. The van der Waals surface area contributed by atoms with Crippen LogP contribution in [0.5, 0.6) is 0 Å². The highest BCUT2D eigenvalue weighted by Gasteiger charge is 2.27. The van der Waals surface area contributed by atoms with Crippen LogP contribution < -0.4 is 0 Å². The second kappa shape index (κ2) is 5.40. The molecule has 1 aromatic carbocycles. The van der Waals surface area contributed by atoms with Crippen molar-refractivity contribution in [2.24, 2.45) is 5.92 Å². The summed E-state index contributed by atoms with van der Waals surface area (Å²) in [6.07, 6.45) is 1.07. The zero-order chi connectivity index (χ0) is 12.4. The molecule has 1 heterocycles. The van der Waals surface area contributed by atoms with Crippen molar-refractivity contribution in [3.63, 3.8) is 0 Å². The SMILES string of the molecule is Cc1cccc(C(=O)N2CCC(CBr)C2)c1Cl. The lowest BCUT2D eigenvalue weighted by Crippen LogP contribution is -2.29. The Morgan fingerprint density at radius 1 is 1.59 bits per heavy atom. The third-order valence-corrected chi connectivity index (χ3v) is 4.63. The van der Waals surface area contributed by atoms with Gasteiger partial charge in [0.2, 0.25) is 0 Å². The van der Waals surface area contributed by atoms with Crippen molar-refractivity contribution in [1.29, 1.82) is 0 Å². The molecule has 1 fully saturated rings. The van der Waals surface area contributed by atoms with Crippen LogP contribution in [0.15, 0.2) is 18.2 Å².